The van der Waals surface area contributed by atoms with Crippen LogP contribution >= 0.6 is 0 Å². The minimum absolute atomic E-state index is 0.104. The van der Waals surface area contributed by atoms with Crippen molar-refractivity contribution < 1.29 is 19.1 Å². The Morgan fingerprint density at radius 3 is 2.42 bits per heavy atom. The summed E-state index contributed by atoms with van der Waals surface area (Å²) in [5.74, 6) is 0.322. The van der Waals surface area contributed by atoms with Crippen LogP contribution in [0.15, 0.2) is 48.8 Å². The molecule has 0 saturated heterocycles. The summed E-state index contributed by atoms with van der Waals surface area (Å²) < 4.78 is 10.4. The minimum Gasteiger partial charge on any atom is -0.463 e. The fraction of sp³-hybridized carbons (Fsp3) is 0.440. The SMILES string of the molecule is CCCCCC=CCC(=O)Oc1cnc(-c2ccc(CCC(C)OC(C)=O)cc2)nc1. The number of benzene rings is 1. The van der Waals surface area contributed by atoms with Gasteiger partial charge in [-0.3, -0.25) is 9.59 Å². The molecule has 0 spiro atoms. The van der Waals surface area contributed by atoms with Gasteiger partial charge in [0.25, 0.3) is 0 Å². The zero-order valence-electron chi connectivity index (χ0n) is 18.7. The Bertz CT molecular complexity index is 845. The normalized spacial score (nSPS) is 12.0. The molecule has 0 radical (unpaired) electrons. The van der Waals surface area contributed by atoms with Gasteiger partial charge in [-0.2, -0.15) is 0 Å². The number of rotatable bonds is 12. The molecule has 0 aliphatic rings. The number of aryl methyl sites for hydroxylation is 1. The van der Waals surface area contributed by atoms with E-state index in [9.17, 15) is 9.59 Å². The number of hydrogen-bond donors (Lipinski definition) is 0. The fourth-order valence-electron chi connectivity index (χ4n) is 3.03. The second-order valence-electron chi connectivity index (χ2n) is 7.54. The molecule has 2 rings (SSSR count). The summed E-state index contributed by atoms with van der Waals surface area (Å²) in [6, 6.07) is 7.94. The Morgan fingerprint density at radius 1 is 1.06 bits per heavy atom. The zero-order valence-corrected chi connectivity index (χ0v) is 18.7. The van der Waals surface area contributed by atoms with Gasteiger partial charge in [-0.25, -0.2) is 9.97 Å². The molecular weight excluding hydrogens is 392 g/mol. The van der Waals surface area contributed by atoms with Gasteiger partial charge in [0.1, 0.15) is 0 Å². The van der Waals surface area contributed by atoms with E-state index in [2.05, 4.69) is 16.9 Å². The average Bonchev–Trinajstić information content (AvgIpc) is 2.75. The molecule has 1 aromatic carbocycles. The van der Waals surface area contributed by atoms with Gasteiger partial charge in [0.15, 0.2) is 11.6 Å². The minimum atomic E-state index is -0.324. The Balaban J connectivity index is 1.81. The summed E-state index contributed by atoms with van der Waals surface area (Å²) in [5.41, 5.74) is 2.03. The van der Waals surface area contributed by atoms with Crippen LogP contribution in [0.5, 0.6) is 5.75 Å². The molecule has 1 heterocycles. The van der Waals surface area contributed by atoms with Crippen LogP contribution in [0.3, 0.4) is 0 Å². The van der Waals surface area contributed by atoms with Gasteiger partial charge >= 0.3 is 11.9 Å². The molecule has 1 aromatic heterocycles. The molecule has 0 aliphatic carbocycles. The highest BCUT2D eigenvalue weighted by Gasteiger charge is 2.08. The van der Waals surface area contributed by atoms with Crippen LogP contribution < -0.4 is 4.74 Å². The van der Waals surface area contributed by atoms with Crippen molar-refractivity contribution in [2.45, 2.75) is 71.8 Å². The molecule has 31 heavy (non-hydrogen) atoms. The van der Waals surface area contributed by atoms with Gasteiger partial charge in [0, 0.05) is 12.5 Å². The number of allylic oxidation sites excluding steroid dienone is 1. The van der Waals surface area contributed by atoms with Gasteiger partial charge in [-0.1, -0.05) is 56.2 Å². The third-order valence-corrected chi connectivity index (χ3v) is 4.70. The number of carbonyl (C=O) groups excluding carboxylic acids is 2. The van der Waals surface area contributed by atoms with E-state index in [1.807, 2.05) is 43.3 Å². The fourth-order valence-corrected chi connectivity index (χ4v) is 3.03. The van der Waals surface area contributed by atoms with Crippen molar-refractivity contribution in [1.29, 1.82) is 0 Å². The second kappa shape index (κ2) is 13.3. The van der Waals surface area contributed by atoms with Crippen molar-refractivity contribution >= 4 is 11.9 Å². The summed E-state index contributed by atoms with van der Waals surface area (Å²) in [5, 5.41) is 0. The molecule has 0 fully saturated rings. The number of esters is 2. The molecule has 0 saturated carbocycles. The van der Waals surface area contributed by atoms with Gasteiger partial charge in [-0.15, -0.1) is 0 Å². The van der Waals surface area contributed by atoms with Crippen molar-refractivity contribution in [1.82, 2.24) is 9.97 Å². The highest BCUT2D eigenvalue weighted by Crippen LogP contribution is 2.19. The lowest BCUT2D eigenvalue weighted by Gasteiger charge is -2.11. The first-order chi connectivity index (χ1) is 15.0. The maximum Gasteiger partial charge on any atom is 0.315 e. The largest absolute Gasteiger partial charge is 0.463 e. The molecule has 0 N–H and O–H groups in total. The number of ether oxygens (including phenoxy) is 2. The molecule has 2 aromatic rings. The van der Waals surface area contributed by atoms with Gasteiger partial charge in [-0.05, 0) is 38.2 Å². The number of carbonyl (C=O) groups is 2. The van der Waals surface area contributed by atoms with E-state index in [0.717, 1.165) is 36.8 Å². The van der Waals surface area contributed by atoms with Crippen molar-refractivity contribution in [3.8, 4) is 17.1 Å². The average molecular weight is 425 g/mol. The molecule has 0 amide bonds. The maximum atomic E-state index is 11.9. The molecule has 1 unspecified atom stereocenters. The lowest BCUT2D eigenvalue weighted by atomic mass is 10.1. The third-order valence-electron chi connectivity index (χ3n) is 4.70. The van der Waals surface area contributed by atoms with E-state index in [0.29, 0.717) is 11.6 Å². The summed E-state index contributed by atoms with van der Waals surface area (Å²) >= 11 is 0. The van der Waals surface area contributed by atoms with Crippen LogP contribution in [-0.2, 0) is 20.7 Å². The summed E-state index contributed by atoms with van der Waals surface area (Å²) in [6.07, 6.45) is 13.1. The van der Waals surface area contributed by atoms with Gasteiger partial charge in [0.2, 0.25) is 0 Å². The molecule has 1 atom stereocenters. The van der Waals surface area contributed by atoms with E-state index in [1.54, 1.807) is 0 Å². The van der Waals surface area contributed by atoms with E-state index >= 15 is 0 Å². The van der Waals surface area contributed by atoms with Crippen molar-refractivity contribution in [2.24, 2.45) is 0 Å². The Labute approximate surface area is 184 Å². The zero-order chi connectivity index (χ0) is 22.5. The molecule has 6 nitrogen and oxygen atoms in total. The van der Waals surface area contributed by atoms with Crippen molar-refractivity contribution in [2.75, 3.05) is 0 Å². The van der Waals surface area contributed by atoms with Crippen LogP contribution in [0.2, 0.25) is 0 Å². The first kappa shape index (κ1) is 24.3. The molecule has 6 heteroatoms. The molecule has 0 aliphatic heterocycles. The van der Waals surface area contributed by atoms with Crippen LogP contribution in [0.4, 0.5) is 0 Å². The predicted octanol–water partition coefficient (Wildman–Crippen LogP) is 5.46. The van der Waals surface area contributed by atoms with Crippen molar-refractivity contribution in [3.63, 3.8) is 0 Å². The monoisotopic (exact) mass is 424 g/mol. The second-order valence-corrected chi connectivity index (χ2v) is 7.54. The number of nitrogens with zero attached hydrogens (tertiary/aromatic N) is 2. The lowest BCUT2D eigenvalue weighted by Crippen LogP contribution is -2.12. The predicted molar refractivity (Wildman–Crippen MR) is 121 cm³/mol. The Hall–Kier alpha value is -3.02. The first-order valence-corrected chi connectivity index (χ1v) is 10.9. The first-order valence-electron chi connectivity index (χ1n) is 10.9. The van der Waals surface area contributed by atoms with Crippen molar-refractivity contribution in [3.05, 3.63) is 54.4 Å². The van der Waals surface area contributed by atoms with Crippen LogP contribution in [0, 0.1) is 0 Å². The highest BCUT2D eigenvalue weighted by molar-refractivity contribution is 5.73. The summed E-state index contributed by atoms with van der Waals surface area (Å²) in [4.78, 5) is 31.5. The van der Waals surface area contributed by atoms with E-state index in [-0.39, 0.29) is 24.5 Å². The molecule has 166 valence electrons. The summed E-state index contributed by atoms with van der Waals surface area (Å²) in [6.45, 7) is 5.48. The van der Waals surface area contributed by atoms with E-state index in [1.165, 1.54) is 32.2 Å². The van der Waals surface area contributed by atoms with Crippen LogP contribution in [0.1, 0.15) is 64.9 Å². The number of unbranched alkanes of at least 4 members (excludes halogenated alkanes) is 3. The van der Waals surface area contributed by atoms with Gasteiger partial charge in [0.05, 0.1) is 24.9 Å². The highest BCUT2D eigenvalue weighted by atomic mass is 16.5. The standard InChI is InChI=1S/C25H32N2O4/c1-4-5-6-7-8-9-10-24(29)31-23-17-26-25(27-18-23)22-15-13-21(14-16-22)12-11-19(2)30-20(3)28/h8-9,13-19H,4-7,10-12H2,1-3H3. The third kappa shape index (κ3) is 9.55. The van der Waals surface area contributed by atoms with Crippen LogP contribution in [0.25, 0.3) is 11.4 Å². The quantitative estimate of drug-likeness (QED) is 0.256. The topological polar surface area (TPSA) is 78.4 Å². The van der Waals surface area contributed by atoms with E-state index < -0.39 is 0 Å². The Morgan fingerprint density at radius 2 is 1.77 bits per heavy atom. The van der Waals surface area contributed by atoms with Crippen LogP contribution in [-0.4, -0.2) is 28.0 Å². The maximum absolute atomic E-state index is 11.9. The summed E-state index contributed by atoms with van der Waals surface area (Å²) in [7, 11) is 0. The lowest BCUT2D eigenvalue weighted by molar-refractivity contribution is -0.145. The number of hydrogen-bond acceptors (Lipinski definition) is 6. The van der Waals surface area contributed by atoms with Gasteiger partial charge < -0.3 is 9.47 Å². The molecule has 0 bridgehead atoms. The molecular formula is C25H32N2O4. The smallest absolute Gasteiger partial charge is 0.315 e. The number of aromatic nitrogens is 2. The van der Waals surface area contributed by atoms with E-state index in [4.69, 9.17) is 9.47 Å². The Kier molecular flexibility index (Phi) is 10.4.